The van der Waals surface area contributed by atoms with Crippen LogP contribution in [0.1, 0.15) is 17.5 Å². The van der Waals surface area contributed by atoms with Crippen molar-refractivity contribution in [2.45, 2.75) is 25.6 Å². The minimum atomic E-state index is -0.853. The van der Waals surface area contributed by atoms with E-state index in [1.807, 2.05) is 24.3 Å². The lowest BCUT2D eigenvalue weighted by molar-refractivity contribution is -0.140. The van der Waals surface area contributed by atoms with Crippen molar-refractivity contribution >= 4 is 17.6 Å². The molecule has 0 radical (unpaired) electrons. The van der Waals surface area contributed by atoms with Gasteiger partial charge in [-0.2, -0.15) is 0 Å². The molecular weight excluding hydrogens is 373 g/mol. The Kier molecular flexibility index (Phi) is 6.66. The number of rotatable bonds is 7. The summed E-state index contributed by atoms with van der Waals surface area (Å²) in [7, 11) is 0. The van der Waals surface area contributed by atoms with Gasteiger partial charge in [-0.05, 0) is 18.2 Å². The minimum absolute atomic E-state index is 0.0180. The van der Waals surface area contributed by atoms with Crippen LogP contribution in [0, 0.1) is 5.82 Å². The van der Waals surface area contributed by atoms with E-state index in [0.29, 0.717) is 42.6 Å². The number of carboxylic acid groups (broad SMARTS) is 1. The maximum atomic E-state index is 14.0. The average Bonchev–Trinajstić information content (AvgIpc) is 2.64. The van der Waals surface area contributed by atoms with E-state index in [-0.39, 0.29) is 19.1 Å². The van der Waals surface area contributed by atoms with Crippen molar-refractivity contribution in [3.05, 3.63) is 64.4 Å². The van der Waals surface area contributed by atoms with E-state index in [9.17, 15) is 9.18 Å². The van der Waals surface area contributed by atoms with Crippen molar-refractivity contribution in [3.63, 3.8) is 0 Å². The molecule has 3 rings (SSSR count). The van der Waals surface area contributed by atoms with Crippen LogP contribution in [0.3, 0.4) is 0 Å². The van der Waals surface area contributed by atoms with Crippen molar-refractivity contribution < 1.29 is 23.8 Å². The first-order valence-electron chi connectivity index (χ1n) is 8.72. The summed E-state index contributed by atoms with van der Waals surface area (Å²) in [4.78, 5) is 13.2. The molecule has 0 aromatic heterocycles. The van der Waals surface area contributed by atoms with Gasteiger partial charge in [0.15, 0.2) is 0 Å². The van der Waals surface area contributed by atoms with E-state index >= 15 is 0 Å². The Morgan fingerprint density at radius 3 is 2.89 bits per heavy atom. The van der Waals surface area contributed by atoms with Crippen LogP contribution in [0.15, 0.2) is 42.5 Å². The molecule has 2 aromatic carbocycles. The van der Waals surface area contributed by atoms with Crippen LogP contribution in [0.25, 0.3) is 0 Å². The summed E-state index contributed by atoms with van der Waals surface area (Å²) in [6, 6.07) is 11.8. The van der Waals surface area contributed by atoms with Gasteiger partial charge in [0.25, 0.3) is 0 Å². The molecule has 1 heterocycles. The number of hydrogen-bond donors (Lipinski definition) is 1. The van der Waals surface area contributed by atoms with Crippen LogP contribution < -0.4 is 4.74 Å². The largest absolute Gasteiger partial charge is 0.488 e. The van der Waals surface area contributed by atoms with Crippen molar-refractivity contribution in [2.75, 3.05) is 19.8 Å². The molecule has 1 aliphatic rings. The Morgan fingerprint density at radius 2 is 2.11 bits per heavy atom. The Balaban J connectivity index is 1.72. The highest BCUT2D eigenvalue weighted by Gasteiger charge is 2.26. The minimum Gasteiger partial charge on any atom is -0.488 e. The van der Waals surface area contributed by atoms with Gasteiger partial charge < -0.3 is 14.6 Å². The lowest BCUT2D eigenvalue weighted by atomic mass is 10.1. The Labute approximate surface area is 162 Å². The van der Waals surface area contributed by atoms with E-state index in [2.05, 4.69) is 4.90 Å². The third-order valence-corrected chi connectivity index (χ3v) is 4.89. The van der Waals surface area contributed by atoms with Crippen LogP contribution >= 0.6 is 11.6 Å². The van der Waals surface area contributed by atoms with E-state index in [4.69, 9.17) is 26.2 Å². The summed E-state index contributed by atoms with van der Waals surface area (Å²) >= 11 is 6.06. The number of halogens is 2. The normalized spacial score (nSPS) is 17.6. The second-order valence-corrected chi connectivity index (χ2v) is 6.80. The SMILES string of the molecule is O=C(O)CC1COCCN1Cc1ccccc1OCc1c(F)cccc1Cl. The number of ether oxygens (including phenoxy) is 2. The quantitative estimate of drug-likeness (QED) is 0.776. The fourth-order valence-corrected chi connectivity index (χ4v) is 3.32. The molecule has 1 unspecified atom stereocenters. The molecule has 1 N–H and O–H groups in total. The molecule has 27 heavy (non-hydrogen) atoms. The third-order valence-electron chi connectivity index (χ3n) is 4.54. The van der Waals surface area contributed by atoms with Crippen LogP contribution in [-0.2, 0) is 22.7 Å². The molecule has 1 saturated heterocycles. The maximum Gasteiger partial charge on any atom is 0.305 e. The lowest BCUT2D eigenvalue weighted by Gasteiger charge is -2.35. The fraction of sp³-hybridized carbons (Fsp3) is 0.350. The zero-order valence-electron chi connectivity index (χ0n) is 14.7. The molecule has 1 aliphatic heterocycles. The van der Waals surface area contributed by atoms with E-state index < -0.39 is 11.8 Å². The average molecular weight is 394 g/mol. The number of carbonyl (C=O) groups is 1. The third kappa shape index (κ3) is 5.19. The van der Waals surface area contributed by atoms with Crippen LogP contribution in [-0.4, -0.2) is 41.8 Å². The van der Waals surface area contributed by atoms with Crippen LogP contribution in [0.5, 0.6) is 5.75 Å². The maximum absolute atomic E-state index is 14.0. The number of benzene rings is 2. The molecule has 2 aromatic rings. The zero-order valence-corrected chi connectivity index (χ0v) is 15.5. The van der Waals surface area contributed by atoms with Gasteiger partial charge in [0.1, 0.15) is 18.2 Å². The summed E-state index contributed by atoms with van der Waals surface area (Å²) in [5.41, 5.74) is 1.21. The standard InChI is InChI=1S/C20H21ClFNO4/c21-17-5-3-6-18(22)16(17)13-27-19-7-2-1-4-14(19)11-23-8-9-26-12-15(23)10-20(24)25/h1-7,15H,8-13H2,(H,24,25). The van der Waals surface area contributed by atoms with Crippen molar-refractivity contribution in [1.29, 1.82) is 0 Å². The first-order valence-corrected chi connectivity index (χ1v) is 9.09. The smallest absolute Gasteiger partial charge is 0.305 e. The van der Waals surface area contributed by atoms with Crippen molar-refractivity contribution in [2.24, 2.45) is 0 Å². The second-order valence-electron chi connectivity index (χ2n) is 6.39. The van der Waals surface area contributed by atoms with Gasteiger partial charge in [-0.15, -0.1) is 0 Å². The van der Waals surface area contributed by atoms with E-state index in [1.54, 1.807) is 12.1 Å². The highest BCUT2D eigenvalue weighted by Crippen LogP contribution is 2.26. The monoisotopic (exact) mass is 393 g/mol. The molecular formula is C20H21ClFNO4. The molecule has 0 spiro atoms. The lowest BCUT2D eigenvalue weighted by Crippen LogP contribution is -2.45. The van der Waals surface area contributed by atoms with Gasteiger partial charge >= 0.3 is 5.97 Å². The fourth-order valence-electron chi connectivity index (χ4n) is 3.10. The predicted octanol–water partition coefficient (Wildman–Crippen LogP) is 3.73. The number of carboxylic acids is 1. The molecule has 144 valence electrons. The number of para-hydroxylation sites is 1. The van der Waals surface area contributed by atoms with E-state index in [1.165, 1.54) is 6.07 Å². The Morgan fingerprint density at radius 1 is 1.30 bits per heavy atom. The first kappa shape index (κ1) is 19.6. The highest BCUT2D eigenvalue weighted by molar-refractivity contribution is 6.31. The second kappa shape index (κ2) is 9.17. The number of aliphatic carboxylic acids is 1. The first-order chi connectivity index (χ1) is 13.0. The summed E-state index contributed by atoms with van der Waals surface area (Å²) in [5, 5.41) is 9.43. The molecule has 0 amide bonds. The van der Waals surface area contributed by atoms with Crippen LogP contribution in [0.4, 0.5) is 4.39 Å². The number of morpholine rings is 1. The van der Waals surface area contributed by atoms with Crippen molar-refractivity contribution in [3.8, 4) is 5.75 Å². The number of nitrogens with zero attached hydrogens (tertiary/aromatic N) is 1. The Bertz CT molecular complexity index is 781. The predicted molar refractivity (Wildman–Crippen MR) is 99.5 cm³/mol. The molecule has 5 nitrogen and oxygen atoms in total. The van der Waals surface area contributed by atoms with Gasteiger partial charge in [0.2, 0.25) is 0 Å². The van der Waals surface area contributed by atoms with Crippen molar-refractivity contribution in [1.82, 2.24) is 4.90 Å². The summed E-state index contributed by atoms with van der Waals surface area (Å²) in [6.45, 7) is 2.14. The zero-order chi connectivity index (χ0) is 19.2. The van der Waals surface area contributed by atoms with Gasteiger partial charge in [0.05, 0.1) is 24.7 Å². The van der Waals surface area contributed by atoms with Crippen LogP contribution in [0.2, 0.25) is 5.02 Å². The molecule has 0 aliphatic carbocycles. The highest BCUT2D eigenvalue weighted by atomic mass is 35.5. The molecule has 0 bridgehead atoms. The molecule has 1 fully saturated rings. The molecule has 1 atom stereocenters. The molecule has 0 saturated carbocycles. The topological polar surface area (TPSA) is 59.0 Å². The van der Waals surface area contributed by atoms with Gasteiger partial charge in [0, 0.05) is 30.3 Å². The van der Waals surface area contributed by atoms with Gasteiger partial charge in [-0.25, -0.2) is 4.39 Å². The summed E-state index contributed by atoms with van der Waals surface area (Å²) in [5.74, 6) is -0.638. The Hall–Kier alpha value is -2.15. The van der Waals surface area contributed by atoms with Gasteiger partial charge in [-0.3, -0.25) is 9.69 Å². The number of hydrogen-bond acceptors (Lipinski definition) is 4. The summed E-state index contributed by atoms with van der Waals surface area (Å²) < 4.78 is 25.2. The van der Waals surface area contributed by atoms with E-state index in [0.717, 1.165) is 5.56 Å². The molecule has 7 heteroatoms. The summed E-state index contributed by atoms with van der Waals surface area (Å²) in [6.07, 6.45) is 0.0217. The van der Waals surface area contributed by atoms with Gasteiger partial charge in [-0.1, -0.05) is 35.9 Å².